The van der Waals surface area contributed by atoms with Gasteiger partial charge in [-0.1, -0.05) is 58.7 Å². The molecule has 2 N–H and O–H groups in total. The molecule has 0 spiro atoms. The van der Waals surface area contributed by atoms with Gasteiger partial charge < -0.3 is 5.73 Å². The molecule has 1 heterocycles. The summed E-state index contributed by atoms with van der Waals surface area (Å²) in [4.78, 5) is 16.7. The first-order valence-electron chi connectivity index (χ1n) is 8.36. The largest absolute Gasteiger partial charge is 0.383 e. The van der Waals surface area contributed by atoms with Gasteiger partial charge in [-0.25, -0.2) is 4.98 Å². The molecule has 0 aliphatic rings. The molecule has 0 bridgehead atoms. The molecule has 9 heteroatoms. The van der Waals surface area contributed by atoms with Crippen molar-refractivity contribution < 1.29 is 4.79 Å². The van der Waals surface area contributed by atoms with Gasteiger partial charge in [0.1, 0.15) is 28.5 Å². The lowest BCUT2D eigenvalue weighted by atomic mass is 9.97. The van der Waals surface area contributed by atoms with Gasteiger partial charge in [-0.3, -0.25) is 4.79 Å². The third kappa shape index (κ3) is 4.53. The number of nitriles is 2. The normalized spacial score (nSPS) is 10.3. The lowest BCUT2D eigenvalue weighted by Gasteiger charge is -2.13. The Hall–Kier alpha value is -2.74. The molecular formula is C21H11Cl3N4OS. The van der Waals surface area contributed by atoms with Crippen molar-refractivity contribution >= 4 is 58.2 Å². The van der Waals surface area contributed by atoms with Crippen LogP contribution in [0, 0.1) is 22.7 Å². The van der Waals surface area contributed by atoms with Crippen molar-refractivity contribution in [1.29, 1.82) is 10.5 Å². The summed E-state index contributed by atoms with van der Waals surface area (Å²) >= 11 is 19.0. The molecule has 0 radical (unpaired) electrons. The first-order chi connectivity index (χ1) is 14.3. The fourth-order valence-electron chi connectivity index (χ4n) is 2.72. The maximum absolute atomic E-state index is 12.6. The molecule has 0 amide bonds. The number of carbonyl (C=O) groups excluding carboxylic acids is 1. The SMILES string of the molecule is N#Cc1c(N)nc(SCC(=O)c2ccc(Cl)c(Cl)c2)c(C#N)c1-c1cccc(Cl)c1. The van der Waals surface area contributed by atoms with Gasteiger partial charge in [0.2, 0.25) is 0 Å². The summed E-state index contributed by atoms with van der Waals surface area (Å²) in [5.41, 5.74) is 7.48. The number of carbonyl (C=O) groups is 1. The molecule has 3 rings (SSSR count). The Balaban J connectivity index is 2.01. The van der Waals surface area contributed by atoms with Gasteiger partial charge in [-0.05, 0) is 35.9 Å². The number of halogens is 3. The van der Waals surface area contributed by atoms with E-state index in [4.69, 9.17) is 40.5 Å². The maximum Gasteiger partial charge on any atom is 0.173 e. The predicted molar refractivity (Wildman–Crippen MR) is 120 cm³/mol. The topological polar surface area (TPSA) is 104 Å². The molecule has 0 fully saturated rings. The summed E-state index contributed by atoms with van der Waals surface area (Å²) in [6.45, 7) is 0. The number of hydrogen-bond acceptors (Lipinski definition) is 6. The number of nitrogens with two attached hydrogens (primary N) is 1. The summed E-state index contributed by atoms with van der Waals surface area (Å²) in [6.07, 6.45) is 0. The van der Waals surface area contributed by atoms with Crippen LogP contribution in [0.15, 0.2) is 47.5 Å². The first-order valence-corrected chi connectivity index (χ1v) is 10.5. The Morgan fingerprint density at radius 1 is 1.03 bits per heavy atom. The molecule has 0 atom stereocenters. The van der Waals surface area contributed by atoms with Gasteiger partial charge in [0.05, 0.1) is 21.4 Å². The van der Waals surface area contributed by atoms with E-state index < -0.39 is 0 Å². The van der Waals surface area contributed by atoms with Crippen LogP contribution >= 0.6 is 46.6 Å². The number of benzene rings is 2. The van der Waals surface area contributed by atoms with Crippen LogP contribution in [0.4, 0.5) is 5.82 Å². The second-order valence-corrected chi connectivity index (χ2v) is 8.22. The van der Waals surface area contributed by atoms with E-state index in [0.29, 0.717) is 26.7 Å². The molecule has 0 unspecified atom stereocenters. The number of hydrogen-bond donors (Lipinski definition) is 1. The average molecular weight is 474 g/mol. The average Bonchev–Trinajstić information content (AvgIpc) is 2.73. The van der Waals surface area contributed by atoms with Crippen molar-refractivity contribution in [3.63, 3.8) is 0 Å². The summed E-state index contributed by atoms with van der Waals surface area (Å²) in [5.74, 6) is -0.271. The molecule has 148 valence electrons. The fourth-order valence-corrected chi connectivity index (χ4v) is 4.10. The number of nitrogen functional groups attached to an aromatic ring is 1. The zero-order chi connectivity index (χ0) is 21.8. The molecular weight excluding hydrogens is 463 g/mol. The van der Waals surface area contributed by atoms with E-state index >= 15 is 0 Å². The van der Waals surface area contributed by atoms with E-state index in [1.54, 1.807) is 30.3 Å². The highest BCUT2D eigenvalue weighted by Crippen LogP contribution is 2.36. The molecule has 0 aliphatic heterocycles. The smallest absolute Gasteiger partial charge is 0.173 e. The van der Waals surface area contributed by atoms with Crippen LogP contribution in [0.3, 0.4) is 0 Å². The van der Waals surface area contributed by atoms with Crippen molar-refractivity contribution in [3.8, 4) is 23.3 Å². The van der Waals surface area contributed by atoms with Crippen molar-refractivity contribution in [2.24, 2.45) is 0 Å². The highest BCUT2D eigenvalue weighted by molar-refractivity contribution is 8.00. The van der Waals surface area contributed by atoms with Crippen LogP contribution in [0.2, 0.25) is 15.1 Å². The molecule has 0 saturated carbocycles. The number of anilines is 1. The summed E-state index contributed by atoms with van der Waals surface area (Å²) in [7, 11) is 0. The molecule has 5 nitrogen and oxygen atoms in total. The molecule has 30 heavy (non-hydrogen) atoms. The van der Waals surface area contributed by atoms with E-state index in [-0.39, 0.29) is 38.5 Å². The van der Waals surface area contributed by atoms with E-state index in [1.165, 1.54) is 12.1 Å². The van der Waals surface area contributed by atoms with E-state index in [2.05, 4.69) is 11.1 Å². The Kier molecular flexibility index (Phi) is 6.87. The molecule has 2 aromatic carbocycles. The zero-order valence-corrected chi connectivity index (χ0v) is 18.2. The number of rotatable bonds is 5. The van der Waals surface area contributed by atoms with Crippen molar-refractivity contribution in [2.45, 2.75) is 5.03 Å². The Bertz CT molecular complexity index is 1250. The van der Waals surface area contributed by atoms with E-state index in [0.717, 1.165) is 11.8 Å². The van der Waals surface area contributed by atoms with Crippen molar-refractivity contribution in [3.05, 3.63) is 74.2 Å². The van der Waals surface area contributed by atoms with Crippen LogP contribution in [0.25, 0.3) is 11.1 Å². The minimum absolute atomic E-state index is 0.0139. The highest BCUT2D eigenvalue weighted by Gasteiger charge is 2.21. The van der Waals surface area contributed by atoms with Crippen molar-refractivity contribution in [2.75, 3.05) is 11.5 Å². The second kappa shape index (κ2) is 9.38. The van der Waals surface area contributed by atoms with Crippen LogP contribution in [-0.2, 0) is 0 Å². The summed E-state index contributed by atoms with van der Waals surface area (Å²) in [5, 5.41) is 20.7. The van der Waals surface area contributed by atoms with E-state index in [9.17, 15) is 15.3 Å². The van der Waals surface area contributed by atoms with Gasteiger partial charge in [-0.2, -0.15) is 10.5 Å². The fraction of sp³-hybridized carbons (Fsp3) is 0.0476. The number of Topliss-reactive ketones (excluding diaryl/α,β-unsaturated/α-hetero) is 1. The Labute approximate surface area is 192 Å². The highest BCUT2D eigenvalue weighted by atomic mass is 35.5. The minimum atomic E-state index is -0.225. The Morgan fingerprint density at radius 3 is 2.40 bits per heavy atom. The van der Waals surface area contributed by atoms with Crippen LogP contribution < -0.4 is 5.73 Å². The van der Waals surface area contributed by atoms with Gasteiger partial charge in [-0.15, -0.1) is 0 Å². The van der Waals surface area contributed by atoms with Crippen LogP contribution in [-0.4, -0.2) is 16.5 Å². The van der Waals surface area contributed by atoms with Gasteiger partial charge in [0, 0.05) is 16.1 Å². The molecule has 0 aliphatic carbocycles. The second-order valence-electron chi connectivity index (χ2n) is 6.00. The van der Waals surface area contributed by atoms with Crippen molar-refractivity contribution in [1.82, 2.24) is 4.98 Å². The van der Waals surface area contributed by atoms with E-state index in [1.807, 2.05) is 6.07 Å². The monoisotopic (exact) mass is 472 g/mol. The predicted octanol–water partition coefficient (Wildman–Crippen LogP) is 6.01. The third-order valence-electron chi connectivity index (χ3n) is 4.11. The van der Waals surface area contributed by atoms with Crippen LogP contribution in [0.1, 0.15) is 21.5 Å². The summed E-state index contributed by atoms with van der Waals surface area (Å²) < 4.78 is 0. The zero-order valence-electron chi connectivity index (χ0n) is 15.1. The van der Waals surface area contributed by atoms with Gasteiger partial charge in [0.25, 0.3) is 0 Å². The lowest BCUT2D eigenvalue weighted by Crippen LogP contribution is -2.06. The first kappa shape index (κ1) is 22.0. The van der Waals surface area contributed by atoms with Gasteiger partial charge in [0.15, 0.2) is 5.78 Å². The van der Waals surface area contributed by atoms with Gasteiger partial charge >= 0.3 is 0 Å². The third-order valence-corrected chi connectivity index (χ3v) is 6.06. The lowest BCUT2D eigenvalue weighted by molar-refractivity contribution is 0.102. The number of thioether (sulfide) groups is 1. The summed E-state index contributed by atoms with van der Waals surface area (Å²) in [6, 6.07) is 15.4. The quantitative estimate of drug-likeness (QED) is 0.359. The minimum Gasteiger partial charge on any atom is -0.383 e. The number of ketones is 1. The molecule has 0 saturated heterocycles. The number of aromatic nitrogens is 1. The van der Waals surface area contributed by atoms with Crippen LogP contribution in [0.5, 0.6) is 0 Å². The number of pyridine rings is 1. The Morgan fingerprint density at radius 2 is 1.77 bits per heavy atom. The number of nitrogens with zero attached hydrogens (tertiary/aromatic N) is 3. The maximum atomic E-state index is 12.6. The molecule has 3 aromatic rings. The standard InChI is InChI=1S/C21H11Cl3N4OS/c22-13-3-1-2-12(6-13)19-14(8-25)20(27)28-21(15(19)9-26)30-10-18(29)11-4-5-16(23)17(24)7-11/h1-7H,10H2,(H2,27,28). The molecule has 1 aromatic heterocycles.